The lowest BCUT2D eigenvalue weighted by Crippen LogP contribution is -2.41. The number of Topliss-reactive ketones (excluding diaryl/α,β-unsaturated/α-hetero) is 1. The van der Waals surface area contributed by atoms with E-state index in [9.17, 15) is 18.0 Å². The number of hydrogen-bond acceptors (Lipinski definition) is 4. The largest absolute Gasteiger partial charge is 0.326 e. The molecule has 1 fully saturated rings. The first kappa shape index (κ1) is 23.2. The standard InChI is InChI=1S/C24H30N2O4S/c1-3-4-6-19-9-11-22(12-10-19)25-24(28)20-13-15-26(16-14-20)31(29,30)23-8-5-7-21(17-23)18(2)27/h5,7-12,17,20H,3-4,6,13-16H2,1-2H3,(H,25,28). The van der Waals surface area contributed by atoms with Crippen molar-refractivity contribution >= 4 is 27.4 Å². The molecule has 0 aromatic heterocycles. The van der Waals surface area contributed by atoms with Gasteiger partial charge in [0.05, 0.1) is 4.90 Å². The predicted molar refractivity (Wildman–Crippen MR) is 122 cm³/mol. The highest BCUT2D eigenvalue weighted by Gasteiger charge is 2.32. The number of benzene rings is 2. The highest BCUT2D eigenvalue weighted by Crippen LogP contribution is 2.25. The molecular formula is C24H30N2O4S. The molecule has 6 nitrogen and oxygen atoms in total. The third-order valence-corrected chi connectivity index (χ3v) is 7.64. The summed E-state index contributed by atoms with van der Waals surface area (Å²) in [6.45, 7) is 4.13. The summed E-state index contributed by atoms with van der Waals surface area (Å²) < 4.78 is 27.3. The minimum absolute atomic E-state index is 0.0723. The molecule has 7 heteroatoms. The van der Waals surface area contributed by atoms with Gasteiger partial charge in [0, 0.05) is 30.3 Å². The maximum atomic E-state index is 13.0. The molecule has 3 rings (SSSR count). The molecule has 1 aliphatic rings. The maximum absolute atomic E-state index is 13.0. The van der Waals surface area contributed by atoms with Gasteiger partial charge in [0.1, 0.15) is 0 Å². The number of ketones is 1. The van der Waals surface area contributed by atoms with Crippen molar-refractivity contribution in [3.8, 4) is 0 Å². The van der Waals surface area contributed by atoms with Crippen LogP contribution in [-0.2, 0) is 21.2 Å². The lowest BCUT2D eigenvalue weighted by Gasteiger charge is -2.30. The molecule has 0 bridgehead atoms. The third kappa shape index (κ3) is 5.80. The quantitative estimate of drug-likeness (QED) is 0.619. The SMILES string of the molecule is CCCCc1ccc(NC(=O)C2CCN(S(=O)(=O)c3cccc(C(C)=O)c3)CC2)cc1. The van der Waals surface area contributed by atoms with Crippen molar-refractivity contribution in [2.75, 3.05) is 18.4 Å². The number of anilines is 1. The van der Waals surface area contributed by atoms with Gasteiger partial charge >= 0.3 is 0 Å². The van der Waals surface area contributed by atoms with E-state index in [2.05, 4.69) is 12.2 Å². The monoisotopic (exact) mass is 442 g/mol. The predicted octanol–water partition coefficient (Wildman–Crippen LogP) is 4.27. The van der Waals surface area contributed by atoms with Gasteiger partial charge in [-0.2, -0.15) is 4.31 Å². The molecule has 0 saturated carbocycles. The normalized spacial score (nSPS) is 15.5. The molecule has 1 heterocycles. The van der Waals surface area contributed by atoms with Gasteiger partial charge in [-0.1, -0.05) is 37.6 Å². The van der Waals surface area contributed by atoms with Crippen molar-refractivity contribution in [2.24, 2.45) is 5.92 Å². The van der Waals surface area contributed by atoms with Crippen LogP contribution in [0.15, 0.2) is 53.4 Å². The number of hydrogen-bond donors (Lipinski definition) is 1. The number of nitrogens with one attached hydrogen (secondary N) is 1. The van der Waals surface area contributed by atoms with Gasteiger partial charge in [0.2, 0.25) is 15.9 Å². The zero-order valence-electron chi connectivity index (χ0n) is 18.1. The van der Waals surface area contributed by atoms with Crippen LogP contribution in [0.2, 0.25) is 0 Å². The number of piperidine rings is 1. The molecule has 1 N–H and O–H groups in total. The number of sulfonamides is 1. The molecule has 0 radical (unpaired) electrons. The minimum atomic E-state index is -3.69. The molecule has 1 aliphatic heterocycles. The summed E-state index contributed by atoms with van der Waals surface area (Å²) >= 11 is 0. The molecule has 2 aromatic rings. The summed E-state index contributed by atoms with van der Waals surface area (Å²) in [4.78, 5) is 24.4. The Bertz CT molecular complexity index is 1020. The second kappa shape index (κ2) is 10.2. The lowest BCUT2D eigenvalue weighted by atomic mass is 9.97. The van der Waals surface area contributed by atoms with E-state index >= 15 is 0 Å². The van der Waals surface area contributed by atoms with Crippen LogP contribution in [0.5, 0.6) is 0 Å². The summed E-state index contributed by atoms with van der Waals surface area (Å²) in [6, 6.07) is 14.0. The Labute approximate surface area is 184 Å². The molecule has 0 atom stereocenters. The van der Waals surface area contributed by atoms with Crippen molar-refractivity contribution < 1.29 is 18.0 Å². The van der Waals surface area contributed by atoms with Gasteiger partial charge in [0.15, 0.2) is 5.78 Å². The van der Waals surface area contributed by atoms with Crippen LogP contribution in [0.1, 0.15) is 55.5 Å². The number of aryl methyl sites for hydroxylation is 1. The van der Waals surface area contributed by atoms with Crippen molar-refractivity contribution in [2.45, 2.75) is 50.8 Å². The summed E-state index contributed by atoms with van der Waals surface area (Å²) in [6.07, 6.45) is 4.26. The first-order valence-corrected chi connectivity index (χ1v) is 12.3. The van der Waals surface area contributed by atoms with Gasteiger partial charge in [0.25, 0.3) is 0 Å². The van der Waals surface area contributed by atoms with E-state index in [1.807, 2.05) is 24.3 Å². The smallest absolute Gasteiger partial charge is 0.243 e. The highest BCUT2D eigenvalue weighted by molar-refractivity contribution is 7.89. The van der Waals surface area contributed by atoms with Crippen molar-refractivity contribution in [1.29, 1.82) is 0 Å². The van der Waals surface area contributed by atoms with Gasteiger partial charge in [-0.3, -0.25) is 9.59 Å². The topological polar surface area (TPSA) is 83.6 Å². The number of carbonyl (C=O) groups is 2. The molecule has 166 valence electrons. The molecule has 2 aromatic carbocycles. The number of nitrogens with zero attached hydrogens (tertiary/aromatic N) is 1. The Morgan fingerprint density at radius 1 is 1.06 bits per heavy atom. The van der Waals surface area contributed by atoms with E-state index < -0.39 is 10.0 Å². The third-order valence-electron chi connectivity index (χ3n) is 5.74. The number of amides is 1. The molecule has 0 spiro atoms. The van der Waals surface area contributed by atoms with Crippen LogP contribution in [-0.4, -0.2) is 37.5 Å². The first-order valence-electron chi connectivity index (χ1n) is 10.8. The van der Waals surface area contributed by atoms with Crippen LogP contribution in [0.25, 0.3) is 0 Å². The molecule has 1 amide bonds. The Kier molecular flexibility index (Phi) is 7.62. The van der Waals surface area contributed by atoms with Gasteiger partial charge < -0.3 is 5.32 Å². The van der Waals surface area contributed by atoms with Crippen LogP contribution >= 0.6 is 0 Å². The molecular weight excluding hydrogens is 412 g/mol. The lowest BCUT2D eigenvalue weighted by molar-refractivity contribution is -0.120. The Morgan fingerprint density at radius 2 is 1.74 bits per heavy atom. The van der Waals surface area contributed by atoms with E-state index in [1.165, 1.54) is 28.9 Å². The molecule has 0 aliphatic carbocycles. The fourth-order valence-corrected chi connectivity index (χ4v) is 5.28. The molecule has 0 unspecified atom stereocenters. The van der Waals surface area contributed by atoms with E-state index in [-0.39, 0.29) is 35.6 Å². The number of rotatable bonds is 8. The average molecular weight is 443 g/mol. The van der Waals surface area contributed by atoms with Gasteiger partial charge in [-0.25, -0.2) is 8.42 Å². The van der Waals surface area contributed by atoms with E-state index in [1.54, 1.807) is 12.1 Å². The second-order valence-electron chi connectivity index (χ2n) is 8.05. The van der Waals surface area contributed by atoms with E-state index in [4.69, 9.17) is 0 Å². The van der Waals surface area contributed by atoms with Gasteiger partial charge in [-0.05, 0) is 62.4 Å². The average Bonchev–Trinajstić information content (AvgIpc) is 2.78. The van der Waals surface area contributed by atoms with E-state index in [0.29, 0.717) is 18.4 Å². The summed E-state index contributed by atoms with van der Waals surface area (Å²) in [5.74, 6) is -0.475. The second-order valence-corrected chi connectivity index (χ2v) is 9.99. The summed E-state index contributed by atoms with van der Waals surface area (Å²) in [5.41, 5.74) is 2.39. The highest BCUT2D eigenvalue weighted by atomic mass is 32.2. The fourth-order valence-electron chi connectivity index (χ4n) is 3.76. The Balaban J connectivity index is 1.58. The summed E-state index contributed by atoms with van der Waals surface area (Å²) in [7, 11) is -3.69. The van der Waals surface area contributed by atoms with Gasteiger partial charge in [-0.15, -0.1) is 0 Å². The van der Waals surface area contributed by atoms with Crippen LogP contribution in [0, 0.1) is 5.92 Å². The zero-order valence-corrected chi connectivity index (χ0v) is 19.0. The number of carbonyl (C=O) groups excluding carboxylic acids is 2. The fraction of sp³-hybridized carbons (Fsp3) is 0.417. The van der Waals surface area contributed by atoms with Crippen LogP contribution in [0.3, 0.4) is 0 Å². The first-order chi connectivity index (χ1) is 14.8. The van der Waals surface area contributed by atoms with Crippen molar-refractivity contribution in [3.05, 3.63) is 59.7 Å². The number of unbranched alkanes of at least 4 members (excludes halogenated alkanes) is 1. The summed E-state index contributed by atoms with van der Waals surface area (Å²) in [5, 5.41) is 2.96. The Hall–Kier alpha value is -2.51. The molecule has 1 saturated heterocycles. The van der Waals surface area contributed by atoms with Crippen molar-refractivity contribution in [1.82, 2.24) is 4.31 Å². The minimum Gasteiger partial charge on any atom is -0.326 e. The van der Waals surface area contributed by atoms with Crippen LogP contribution < -0.4 is 5.32 Å². The van der Waals surface area contributed by atoms with Crippen molar-refractivity contribution in [3.63, 3.8) is 0 Å². The maximum Gasteiger partial charge on any atom is 0.243 e. The Morgan fingerprint density at radius 3 is 2.35 bits per heavy atom. The van der Waals surface area contributed by atoms with E-state index in [0.717, 1.165) is 24.9 Å². The zero-order chi connectivity index (χ0) is 22.4. The molecule has 31 heavy (non-hydrogen) atoms. The van der Waals surface area contributed by atoms with Crippen LogP contribution in [0.4, 0.5) is 5.69 Å².